The van der Waals surface area contributed by atoms with Crippen molar-refractivity contribution in [2.75, 3.05) is 5.32 Å². The molecule has 0 heterocycles. The highest BCUT2D eigenvalue weighted by molar-refractivity contribution is 6.32. The summed E-state index contributed by atoms with van der Waals surface area (Å²) in [5.41, 5.74) is 1.45. The molecule has 0 radical (unpaired) electrons. The van der Waals surface area contributed by atoms with E-state index in [1.807, 2.05) is 19.1 Å². The molecule has 2 aromatic rings. The van der Waals surface area contributed by atoms with Gasteiger partial charge in [-0.3, -0.25) is 19.7 Å². The molecule has 0 fully saturated rings. The third-order valence-electron chi connectivity index (χ3n) is 3.78. The van der Waals surface area contributed by atoms with Crippen LogP contribution in [0.3, 0.4) is 0 Å². The summed E-state index contributed by atoms with van der Waals surface area (Å²) < 4.78 is 0. The molecule has 0 aliphatic carbocycles. The number of carbonyl (C=O) groups excluding carboxylic acids is 2. The lowest BCUT2D eigenvalue weighted by atomic mass is 10.1. The number of halogens is 1. The predicted molar refractivity (Wildman–Crippen MR) is 99.5 cm³/mol. The van der Waals surface area contributed by atoms with Crippen molar-refractivity contribution in [3.8, 4) is 0 Å². The number of aryl methyl sites for hydroxylation is 1. The van der Waals surface area contributed by atoms with Gasteiger partial charge in [-0.2, -0.15) is 0 Å². The van der Waals surface area contributed by atoms with Crippen molar-refractivity contribution in [1.82, 2.24) is 5.32 Å². The second kappa shape index (κ2) is 8.44. The SMILES string of the molecule is CCc1ccc(NC(=O)[C@H](C)NC(=O)c2ccc(Cl)c([N+](=O)[O-])c2)cc1. The molecule has 0 bridgehead atoms. The van der Waals surface area contributed by atoms with Crippen LogP contribution in [-0.2, 0) is 11.2 Å². The van der Waals surface area contributed by atoms with Crippen molar-refractivity contribution in [1.29, 1.82) is 0 Å². The second-order valence-corrected chi connectivity index (χ2v) is 6.07. The van der Waals surface area contributed by atoms with Crippen LogP contribution in [0.1, 0.15) is 29.8 Å². The summed E-state index contributed by atoms with van der Waals surface area (Å²) in [7, 11) is 0. The molecular formula is C18H18ClN3O4. The minimum Gasteiger partial charge on any atom is -0.341 e. The summed E-state index contributed by atoms with van der Waals surface area (Å²) in [4.78, 5) is 34.7. The normalized spacial score (nSPS) is 11.5. The predicted octanol–water partition coefficient (Wildman–Crippen LogP) is 3.57. The summed E-state index contributed by atoms with van der Waals surface area (Å²) in [6.07, 6.45) is 0.897. The molecule has 0 saturated heterocycles. The lowest BCUT2D eigenvalue weighted by molar-refractivity contribution is -0.384. The Hall–Kier alpha value is -2.93. The van der Waals surface area contributed by atoms with E-state index in [-0.39, 0.29) is 16.3 Å². The molecular weight excluding hydrogens is 358 g/mol. The average Bonchev–Trinajstić information content (AvgIpc) is 2.62. The van der Waals surface area contributed by atoms with Crippen molar-refractivity contribution < 1.29 is 14.5 Å². The van der Waals surface area contributed by atoms with Gasteiger partial charge in [0.15, 0.2) is 0 Å². The number of amides is 2. The molecule has 8 heteroatoms. The standard InChI is InChI=1S/C18H18ClN3O4/c1-3-12-4-7-14(8-5-12)21-17(23)11(2)20-18(24)13-6-9-15(19)16(10-13)22(25)26/h4-11H,3H2,1-2H3,(H,20,24)(H,21,23)/t11-/m0/s1. The van der Waals surface area contributed by atoms with E-state index in [0.717, 1.165) is 18.1 Å². The smallest absolute Gasteiger partial charge is 0.288 e. The van der Waals surface area contributed by atoms with Crippen LogP contribution >= 0.6 is 11.6 Å². The largest absolute Gasteiger partial charge is 0.341 e. The Bertz CT molecular complexity index is 837. The van der Waals surface area contributed by atoms with Gasteiger partial charge < -0.3 is 10.6 Å². The maximum absolute atomic E-state index is 12.2. The van der Waals surface area contributed by atoms with Gasteiger partial charge in [-0.05, 0) is 43.2 Å². The molecule has 0 aromatic heterocycles. The third kappa shape index (κ3) is 4.80. The Balaban J connectivity index is 2.02. The number of hydrogen-bond donors (Lipinski definition) is 2. The molecule has 0 unspecified atom stereocenters. The first kappa shape index (κ1) is 19.4. The molecule has 2 rings (SSSR count). The molecule has 1 atom stereocenters. The van der Waals surface area contributed by atoms with Crippen LogP contribution in [0.2, 0.25) is 5.02 Å². The number of nitrogens with one attached hydrogen (secondary N) is 2. The fraction of sp³-hybridized carbons (Fsp3) is 0.222. The Morgan fingerprint density at radius 1 is 1.19 bits per heavy atom. The lowest BCUT2D eigenvalue weighted by Gasteiger charge is -2.14. The van der Waals surface area contributed by atoms with Crippen LogP contribution < -0.4 is 10.6 Å². The first-order valence-corrected chi connectivity index (χ1v) is 8.34. The van der Waals surface area contributed by atoms with Gasteiger partial charge >= 0.3 is 0 Å². The maximum atomic E-state index is 12.2. The fourth-order valence-electron chi connectivity index (χ4n) is 2.21. The van der Waals surface area contributed by atoms with Crippen molar-refractivity contribution in [2.45, 2.75) is 26.3 Å². The minimum atomic E-state index is -0.830. The molecule has 0 saturated carbocycles. The molecule has 2 aromatic carbocycles. The van der Waals surface area contributed by atoms with E-state index < -0.39 is 22.8 Å². The summed E-state index contributed by atoms with van der Waals surface area (Å²) in [6.45, 7) is 3.56. The van der Waals surface area contributed by atoms with E-state index in [4.69, 9.17) is 11.6 Å². The highest BCUT2D eigenvalue weighted by Gasteiger charge is 2.20. The number of anilines is 1. The zero-order valence-electron chi connectivity index (χ0n) is 14.3. The average molecular weight is 376 g/mol. The Kier molecular flexibility index (Phi) is 6.30. The highest BCUT2D eigenvalue weighted by atomic mass is 35.5. The summed E-state index contributed by atoms with van der Waals surface area (Å²) >= 11 is 5.73. The third-order valence-corrected chi connectivity index (χ3v) is 4.10. The van der Waals surface area contributed by atoms with Crippen LogP contribution in [0.5, 0.6) is 0 Å². The zero-order chi connectivity index (χ0) is 19.3. The van der Waals surface area contributed by atoms with Crippen molar-refractivity contribution >= 4 is 34.8 Å². The van der Waals surface area contributed by atoms with E-state index in [0.29, 0.717) is 5.69 Å². The van der Waals surface area contributed by atoms with Gasteiger partial charge in [0, 0.05) is 17.3 Å². The molecule has 0 aliphatic rings. The number of benzene rings is 2. The first-order chi connectivity index (χ1) is 12.3. The van der Waals surface area contributed by atoms with Crippen LogP contribution in [0.25, 0.3) is 0 Å². The van der Waals surface area contributed by atoms with Gasteiger partial charge in [0.25, 0.3) is 11.6 Å². The number of nitro groups is 1. The number of nitro benzene ring substituents is 1. The van der Waals surface area contributed by atoms with E-state index in [9.17, 15) is 19.7 Å². The van der Waals surface area contributed by atoms with Crippen molar-refractivity contribution in [3.63, 3.8) is 0 Å². The van der Waals surface area contributed by atoms with E-state index in [2.05, 4.69) is 10.6 Å². The van der Waals surface area contributed by atoms with Crippen LogP contribution in [0.4, 0.5) is 11.4 Å². The van der Waals surface area contributed by atoms with Crippen LogP contribution in [0, 0.1) is 10.1 Å². The highest BCUT2D eigenvalue weighted by Crippen LogP contribution is 2.25. The van der Waals surface area contributed by atoms with Gasteiger partial charge in [0.1, 0.15) is 11.1 Å². The zero-order valence-corrected chi connectivity index (χ0v) is 15.0. The molecule has 0 spiro atoms. The van der Waals surface area contributed by atoms with Gasteiger partial charge in [-0.25, -0.2) is 0 Å². The lowest BCUT2D eigenvalue weighted by Crippen LogP contribution is -2.41. The van der Waals surface area contributed by atoms with Gasteiger partial charge in [-0.15, -0.1) is 0 Å². The van der Waals surface area contributed by atoms with E-state index in [1.165, 1.54) is 19.1 Å². The number of hydrogen-bond acceptors (Lipinski definition) is 4. The second-order valence-electron chi connectivity index (χ2n) is 5.66. The summed E-state index contributed by atoms with van der Waals surface area (Å²) in [5, 5.41) is 16.1. The molecule has 2 N–H and O–H groups in total. The van der Waals surface area contributed by atoms with Crippen molar-refractivity contribution in [3.05, 3.63) is 68.7 Å². The van der Waals surface area contributed by atoms with Crippen molar-refractivity contribution in [2.24, 2.45) is 0 Å². The maximum Gasteiger partial charge on any atom is 0.288 e. The Morgan fingerprint density at radius 2 is 1.85 bits per heavy atom. The molecule has 136 valence electrons. The number of rotatable bonds is 6. The summed E-state index contributed by atoms with van der Waals surface area (Å²) in [6, 6.07) is 10.3. The number of nitrogens with zero attached hydrogens (tertiary/aromatic N) is 1. The Labute approximate surface area is 155 Å². The van der Waals surface area contributed by atoms with E-state index >= 15 is 0 Å². The minimum absolute atomic E-state index is 0.0491. The fourth-order valence-corrected chi connectivity index (χ4v) is 2.40. The molecule has 2 amide bonds. The van der Waals surface area contributed by atoms with E-state index in [1.54, 1.807) is 12.1 Å². The monoisotopic (exact) mass is 375 g/mol. The molecule has 0 aliphatic heterocycles. The summed E-state index contributed by atoms with van der Waals surface area (Å²) in [5.74, 6) is -1.00. The van der Waals surface area contributed by atoms with Gasteiger partial charge in [0.2, 0.25) is 5.91 Å². The topological polar surface area (TPSA) is 101 Å². The van der Waals surface area contributed by atoms with Gasteiger partial charge in [-0.1, -0.05) is 30.7 Å². The quantitative estimate of drug-likeness (QED) is 0.595. The first-order valence-electron chi connectivity index (χ1n) is 7.96. The van der Waals surface area contributed by atoms with Crippen LogP contribution in [0.15, 0.2) is 42.5 Å². The molecule has 26 heavy (non-hydrogen) atoms. The van der Waals surface area contributed by atoms with Gasteiger partial charge in [0.05, 0.1) is 4.92 Å². The Morgan fingerprint density at radius 3 is 2.42 bits per heavy atom. The molecule has 7 nitrogen and oxygen atoms in total. The van der Waals surface area contributed by atoms with Crippen LogP contribution in [-0.4, -0.2) is 22.8 Å². The number of carbonyl (C=O) groups is 2.